The number of aromatic amines is 1. The van der Waals surface area contributed by atoms with Crippen molar-refractivity contribution in [3.8, 4) is 0 Å². The minimum Gasteiger partial charge on any atom is -0.394 e. The second-order valence-corrected chi connectivity index (χ2v) is 7.57. The molecule has 2 aromatic rings. The van der Waals surface area contributed by atoms with Gasteiger partial charge in [0.1, 0.15) is 6.04 Å². The lowest BCUT2D eigenvalue weighted by molar-refractivity contribution is -0.127. The molecule has 30 heavy (non-hydrogen) atoms. The number of hydrogen-bond donors (Lipinski definition) is 5. The molecule has 1 aliphatic heterocycles. The van der Waals surface area contributed by atoms with Gasteiger partial charge in [-0.25, -0.2) is 0 Å². The van der Waals surface area contributed by atoms with E-state index in [4.69, 9.17) is 0 Å². The van der Waals surface area contributed by atoms with Crippen LogP contribution in [0.2, 0.25) is 0 Å². The maximum Gasteiger partial charge on any atom is 0.242 e. The van der Waals surface area contributed by atoms with E-state index in [0.717, 1.165) is 12.8 Å². The predicted octanol–water partition coefficient (Wildman–Crippen LogP) is 1.38. The molecule has 0 radical (unpaired) electrons. The first kappa shape index (κ1) is 23.4. The first-order valence-corrected chi connectivity index (χ1v) is 10.4. The molecule has 0 aliphatic carbocycles. The Bertz CT molecular complexity index is 802. The predicted molar refractivity (Wildman–Crippen MR) is 116 cm³/mol. The average molecular weight is 417 g/mol. The maximum absolute atomic E-state index is 12.0. The summed E-state index contributed by atoms with van der Waals surface area (Å²) in [6.07, 6.45) is 2.92. The van der Waals surface area contributed by atoms with E-state index in [9.17, 15) is 19.5 Å². The average Bonchev–Trinajstić information content (AvgIpc) is 3.31. The molecule has 8 heteroatoms. The summed E-state index contributed by atoms with van der Waals surface area (Å²) >= 11 is 0. The molecule has 3 unspecified atom stereocenters. The quantitative estimate of drug-likeness (QED) is 0.396. The number of H-pyrrole nitrogens is 1. The summed E-state index contributed by atoms with van der Waals surface area (Å²) in [5, 5.41) is 18.5. The lowest BCUT2D eigenvalue weighted by Crippen LogP contribution is -2.49. The van der Waals surface area contributed by atoms with Gasteiger partial charge in [0, 0.05) is 23.7 Å². The van der Waals surface area contributed by atoms with Crippen LogP contribution in [0.15, 0.2) is 30.3 Å². The Morgan fingerprint density at radius 2 is 2.13 bits per heavy atom. The Labute approximate surface area is 176 Å². The van der Waals surface area contributed by atoms with Crippen molar-refractivity contribution in [2.24, 2.45) is 5.92 Å². The number of benzene rings is 1. The third-order valence-corrected chi connectivity index (χ3v) is 5.13. The highest BCUT2D eigenvalue weighted by Gasteiger charge is 2.28. The molecule has 0 bridgehead atoms. The minimum absolute atomic E-state index is 0.0335. The van der Waals surface area contributed by atoms with Crippen LogP contribution >= 0.6 is 0 Å². The molecular weight excluding hydrogens is 384 g/mol. The number of carbonyl (C=O) groups excluding carboxylic acids is 3. The van der Waals surface area contributed by atoms with Crippen molar-refractivity contribution in [2.75, 3.05) is 13.2 Å². The van der Waals surface area contributed by atoms with Gasteiger partial charge in [0.15, 0.2) is 0 Å². The monoisotopic (exact) mass is 416 g/mol. The fourth-order valence-electron chi connectivity index (χ4n) is 3.57. The van der Waals surface area contributed by atoms with Crippen LogP contribution in [-0.2, 0) is 14.4 Å². The standard InChI is InChI=1S/C13H23N3O4.C9H9N/c1-2-3-11(15-8-18)13(20)16-10(7-17)6-9-4-5-14-12(9)19;1-7-6-8-4-2-3-5-9(8)10-7/h8-11,17H,2-7H2,1H3,(H,14,19)(H,15,18)(H,16,20);2-6,10H,1H3. The molecular formula is C22H32N4O4. The number of carbonyl (C=O) groups is 3. The van der Waals surface area contributed by atoms with Gasteiger partial charge in [-0.05, 0) is 43.7 Å². The van der Waals surface area contributed by atoms with Crippen molar-refractivity contribution in [1.82, 2.24) is 20.9 Å². The van der Waals surface area contributed by atoms with Crippen LogP contribution in [0.5, 0.6) is 0 Å². The highest BCUT2D eigenvalue weighted by atomic mass is 16.3. The summed E-state index contributed by atoms with van der Waals surface area (Å²) in [5.41, 5.74) is 2.45. The first-order valence-electron chi connectivity index (χ1n) is 10.4. The van der Waals surface area contributed by atoms with E-state index >= 15 is 0 Å². The Morgan fingerprint density at radius 1 is 1.37 bits per heavy atom. The Kier molecular flexibility index (Phi) is 9.34. The number of rotatable bonds is 9. The first-order chi connectivity index (χ1) is 14.5. The van der Waals surface area contributed by atoms with E-state index in [1.54, 1.807) is 0 Å². The number of fused-ring (bicyclic) bond motifs is 1. The summed E-state index contributed by atoms with van der Waals surface area (Å²) in [4.78, 5) is 37.2. The van der Waals surface area contributed by atoms with Gasteiger partial charge in [-0.3, -0.25) is 14.4 Å². The van der Waals surface area contributed by atoms with Crippen LogP contribution in [-0.4, -0.2) is 53.6 Å². The molecule has 0 spiro atoms. The van der Waals surface area contributed by atoms with Crippen molar-refractivity contribution in [3.63, 3.8) is 0 Å². The highest BCUT2D eigenvalue weighted by Crippen LogP contribution is 2.16. The van der Waals surface area contributed by atoms with Gasteiger partial charge < -0.3 is 26.0 Å². The van der Waals surface area contributed by atoms with Crippen LogP contribution in [0.25, 0.3) is 10.9 Å². The van der Waals surface area contributed by atoms with E-state index in [2.05, 4.69) is 52.1 Å². The Balaban J connectivity index is 0.000000263. The van der Waals surface area contributed by atoms with Crippen molar-refractivity contribution >= 4 is 29.1 Å². The molecule has 1 aromatic carbocycles. The fraction of sp³-hybridized carbons (Fsp3) is 0.500. The smallest absolute Gasteiger partial charge is 0.242 e. The van der Waals surface area contributed by atoms with Crippen LogP contribution in [0, 0.1) is 12.8 Å². The Hall–Kier alpha value is -2.87. The van der Waals surface area contributed by atoms with E-state index in [1.165, 1.54) is 16.6 Å². The number of aliphatic hydroxyl groups is 1. The number of para-hydroxylation sites is 1. The minimum atomic E-state index is -0.594. The van der Waals surface area contributed by atoms with Gasteiger partial charge in [-0.2, -0.15) is 0 Å². The molecule has 8 nitrogen and oxygen atoms in total. The SMILES string of the molecule is CCCC(NC=O)C(=O)NC(CO)CC1CCNC1=O.Cc1cc2ccccc2[nH]1. The van der Waals surface area contributed by atoms with E-state index in [1.807, 2.05) is 13.0 Å². The summed E-state index contributed by atoms with van der Waals surface area (Å²) in [6.45, 7) is 4.40. The van der Waals surface area contributed by atoms with Gasteiger partial charge in [0.25, 0.3) is 0 Å². The Morgan fingerprint density at radius 3 is 2.73 bits per heavy atom. The topological polar surface area (TPSA) is 123 Å². The van der Waals surface area contributed by atoms with Crippen molar-refractivity contribution in [3.05, 3.63) is 36.0 Å². The number of aryl methyl sites for hydroxylation is 1. The normalized spacial score (nSPS) is 17.4. The molecule has 3 rings (SSSR count). The molecule has 1 aromatic heterocycles. The number of aliphatic hydroxyl groups excluding tert-OH is 1. The summed E-state index contributed by atoms with van der Waals surface area (Å²) in [6, 6.07) is 9.37. The zero-order chi connectivity index (χ0) is 21.9. The van der Waals surface area contributed by atoms with Crippen LogP contribution in [0.4, 0.5) is 0 Å². The third kappa shape index (κ3) is 6.88. The maximum atomic E-state index is 12.0. The molecule has 3 atom stereocenters. The zero-order valence-corrected chi connectivity index (χ0v) is 17.6. The van der Waals surface area contributed by atoms with Crippen LogP contribution < -0.4 is 16.0 Å². The summed E-state index contributed by atoms with van der Waals surface area (Å²) in [7, 11) is 0. The van der Waals surface area contributed by atoms with Crippen molar-refractivity contribution in [2.45, 2.75) is 51.6 Å². The van der Waals surface area contributed by atoms with Crippen molar-refractivity contribution in [1.29, 1.82) is 0 Å². The van der Waals surface area contributed by atoms with Crippen molar-refractivity contribution < 1.29 is 19.5 Å². The summed E-state index contributed by atoms with van der Waals surface area (Å²) < 4.78 is 0. The molecule has 0 saturated carbocycles. The molecule has 3 amide bonds. The number of nitrogens with one attached hydrogen (secondary N) is 4. The molecule has 5 N–H and O–H groups in total. The third-order valence-electron chi connectivity index (χ3n) is 5.13. The van der Waals surface area contributed by atoms with E-state index < -0.39 is 12.1 Å². The van der Waals surface area contributed by atoms with Crippen LogP contribution in [0.3, 0.4) is 0 Å². The second kappa shape index (κ2) is 12.0. The van der Waals surface area contributed by atoms with Gasteiger partial charge >= 0.3 is 0 Å². The second-order valence-electron chi connectivity index (χ2n) is 7.57. The molecule has 1 fully saturated rings. The fourth-order valence-corrected chi connectivity index (χ4v) is 3.57. The summed E-state index contributed by atoms with van der Waals surface area (Å²) in [5.74, 6) is -0.527. The highest BCUT2D eigenvalue weighted by molar-refractivity contribution is 5.84. The van der Waals surface area contributed by atoms with Gasteiger partial charge in [-0.1, -0.05) is 31.5 Å². The number of amides is 3. The van der Waals surface area contributed by atoms with Gasteiger partial charge in [-0.15, -0.1) is 0 Å². The molecule has 1 saturated heterocycles. The lowest BCUT2D eigenvalue weighted by atomic mass is 9.98. The molecule has 2 heterocycles. The van der Waals surface area contributed by atoms with Crippen LogP contribution in [0.1, 0.15) is 38.3 Å². The lowest BCUT2D eigenvalue weighted by Gasteiger charge is -2.22. The number of hydrogen-bond acceptors (Lipinski definition) is 4. The van der Waals surface area contributed by atoms with E-state index in [0.29, 0.717) is 25.8 Å². The number of aromatic nitrogens is 1. The molecule has 1 aliphatic rings. The molecule has 164 valence electrons. The van der Waals surface area contributed by atoms with Gasteiger partial charge in [0.05, 0.1) is 12.6 Å². The zero-order valence-electron chi connectivity index (χ0n) is 17.6. The largest absolute Gasteiger partial charge is 0.394 e. The van der Waals surface area contributed by atoms with Gasteiger partial charge in [0.2, 0.25) is 18.2 Å². The van der Waals surface area contributed by atoms with E-state index in [-0.39, 0.29) is 24.3 Å².